The molecule has 0 saturated heterocycles. The molecule has 0 radical (unpaired) electrons. The average molecular weight is 352 g/mol. The van der Waals surface area contributed by atoms with E-state index in [1.54, 1.807) is 7.11 Å². The fourth-order valence-electron chi connectivity index (χ4n) is 4.61. The fraction of sp³-hybridized carbons (Fsp3) is 0.667. The summed E-state index contributed by atoms with van der Waals surface area (Å²) in [5, 5.41) is 3.61. The number of benzene rings is 1. The Morgan fingerprint density at radius 1 is 1.24 bits per heavy atom. The van der Waals surface area contributed by atoms with Crippen LogP contribution in [0.25, 0.3) is 0 Å². The zero-order chi connectivity index (χ0) is 14.8. The van der Waals surface area contributed by atoms with Gasteiger partial charge in [-0.05, 0) is 48.8 Å². The monoisotopic (exact) mass is 351 g/mol. The third kappa shape index (κ3) is 3.20. The van der Waals surface area contributed by atoms with Gasteiger partial charge in [-0.2, -0.15) is 0 Å². The third-order valence-electron chi connectivity index (χ3n) is 5.47. The van der Waals surface area contributed by atoms with Gasteiger partial charge in [0, 0.05) is 30.1 Å². The van der Waals surface area contributed by atoms with Crippen molar-refractivity contribution in [3.05, 3.63) is 34.3 Å². The molecular formula is C18H26BrNO. The van der Waals surface area contributed by atoms with Gasteiger partial charge in [-0.25, -0.2) is 0 Å². The molecule has 1 aromatic rings. The van der Waals surface area contributed by atoms with Crippen molar-refractivity contribution >= 4 is 15.9 Å². The second kappa shape index (κ2) is 6.39. The van der Waals surface area contributed by atoms with Crippen LogP contribution >= 0.6 is 15.9 Å². The Balaban J connectivity index is 1.73. The maximum Gasteiger partial charge on any atom is 0.0587 e. The molecule has 1 aromatic carbocycles. The highest BCUT2D eigenvalue weighted by atomic mass is 79.9. The van der Waals surface area contributed by atoms with E-state index in [0.29, 0.717) is 10.8 Å². The zero-order valence-electron chi connectivity index (χ0n) is 13.0. The van der Waals surface area contributed by atoms with Crippen LogP contribution < -0.4 is 5.32 Å². The molecule has 2 aliphatic rings. The summed E-state index contributed by atoms with van der Waals surface area (Å²) in [7, 11) is 1.77. The van der Waals surface area contributed by atoms with E-state index in [0.717, 1.165) is 19.7 Å². The van der Waals surface area contributed by atoms with Crippen LogP contribution in [0.1, 0.15) is 44.1 Å². The van der Waals surface area contributed by atoms with Gasteiger partial charge >= 0.3 is 0 Å². The Morgan fingerprint density at radius 3 is 2.67 bits per heavy atom. The molecule has 0 bridgehead atoms. The maximum absolute atomic E-state index is 5.16. The normalized spacial score (nSPS) is 22.4. The molecule has 0 atom stereocenters. The summed E-state index contributed by atoms with van der Waals surface area (Å²) >= 11 is 3.64. The van der Waals surface area contributed by atoms with Gasteiger partial charge in [0.05, 0.1) is 6.61 Å². The van der Waals surface area contributed by atoms with Crippen molar-refractivity contribution in [3.8, 4) is 0 Å². The molecular weight excluding hydrogens is 326 g/mol. The molecule has 2 nitrogen and oxygen atoms in total. The second-order valence-electron chi connectivity index (χ2n) is 7.02. The van der Waals surface area contributed by atoms with E-state index < -0.39 is 0 Å². The van der Waals surface area contributed by atoms with Crippen LogP contribution in [0, 0.1) is 5.41 Å². The van der Waals surface area contributed by atoms with Gasteiger partial charge < -0.3 is 10.1 Å². The number of hydrogen-bond acceptors (Lipinski definition) is 2. The van der Waals surface area contributed by atoms with Crippen molar-refractivity contribution in [1.82, 2.24) is 5.32 Å². The molecule has 2 aliphatic carbocycles. The van der Waals surface area contributed by atoms with Crippen molar-refractivity contribution in [3.63, 3.8) is 0 Å². The molecule has 3 rings (SSSR count). The average Bonchev–Trinajstić information content (AvgIpc) is 2.91. The molecule has 116 valence electrons. The van der Waals surface area contributed by atoms with Crippen LogP contribution in [0.2, 0.25) is 0 Å². The van der Waals surface area contributed by atoms with Gasteiger partial charge in [0.2, 0.25) is 0 Å². The van der Waals surface area contributed by atoms with Gasteiger partial charge in [0.1, 0.15) is 0 Å². The largest absolute Gasteiger partial charge is 0.383 e. The molecule has 0 aliphatic heterocycles. The molecule has 2 fully saturated rings. The summed E-state index contributed by atoms with van der Waals surface area (Å²) in [6.07, 6.45) is 8.48. The summed E-state index contributed by atoms with van der Waals surface area (Å²) in [5.74, 6) is 0. The Labute approximate surface area is 136 Å². The van der Waals surface area contributed by atoms with E-state index in [1.165, 1.54) is 48.6 Å². The van der Waals surface area contributed by atoms with E-state index in [2.05, 4.69) is 45.5 Å². The summed E-state index contributed by atoms with van der Waals surface area (Å²) in [6.45, 7) is 2.81. The lowest BCUT2D eigenvalue weighted by molar-refractivity contribution is 0.0260. The first-order chi connectivity index (χ1) is 10.2. The van der Waals surface area contributed by atoms with E-state index in [4.69, 9.17) is 4.74 Å². The molecule has 0 unspecified atom stereocenters. The first-order valence-electron chi connectivity index (χ1n) is 8.14. The predicted octanol–water partition coefficient (Wildman–Crippen LogP) is 4.28. The summed E-state index contributed by atoms with van der Waals surface area (Å²) < 4.78 is 6.35. The van der Waals surface area contributed by atoms with E-state index >= 15 is 0 Å². The lowest BCUT2D eigenvalue weighted by Gasteiger charge is -2.56. The summed E-state index contributed by atoms with van der Waals surface area (Å²) in [4.78, 5) is 0. The van der Waals surface area contributed by atoms with Crippen LogP contribution in [0.3, 0.4) is 0 Å². The van der Waals surface area contributed by atoms with E-state index in [9.17, 15) is 0 Å². The second-order valence-corrected chi connectivity index (χ2v) is 7.94. The van der Waals surface area contributed by atoms with Gasteiger partial charge in [0.15, 0.2) is 0 Å². The molecule has 3 heteroatoms. The molecule has 21 heavy (non-hydrogen) atoms. The standard InChI is InChI=1S/C18H26BrNO/c1-21-10-9-20-14-18(15-5-4-6-16(19)11-15)12-17(13-18)7-2-3-8-17/h4-6,11,20H,2-3,7-10,12-14H2,1H3. The lowest BCUT2D eigenvalue weighted by atomic mass is 9.49. The minimum absolute atomic E-state index is 0.335. The number of hydrogen-bond donors (Lipinski definition) is 1. The SMILES string of the molecule is COCCNCC1(c2cccc(Br)c2)CC2(CCCC2)C1. The quantitative estimate of drug-likeness (QED) is 0.772. The van der Waals surface area contributed by atoms with Crippen molar-refractivity contribution in [1.29, 1.82) is 0 Å². The molecule has 1 spiro atoms. The van der Waals surface area contributed by atoms with Crippen LogP contribution in [0.15, 0.2) is 28.7 Å². The van der Waals surface area contributed by atoms with Crippen LogP contribution in [0.5, 0.6) is 0 Å². The van der Waals surface area contributed by atoms with Crippen molar-refractivity contribution in [2.45, 2.75) is 43.9 Å². The smallest absolute Gasteiger partial charge is 0.0587 e. The number of rotatable bonds is 6. The van der Waals surface area contributed by atoms with Crippen LogP contribution in [0.4, 0.5) is 0 Å². The minimum atomic E-state index is 0.335. The Hall–Kier alpha value is -0.380. The minimum Gasteiger partial charge on any atom is -0.383 e. The van der Waals surface area contributed by atoms with Gasteiger partial charge in [-0.3, -0.25) is 0 Å². The number of halogens is 1. The zero-order valence-corrected chi connectivity index (χ0v) is 14.5. The lowest BCUT2D eigenvalue weighted by Crippen LogP contribution is -2.54. The topological polar surface area (TPSA) is 21.3 Å². The maximum atomic E-state index is 5.16. The highest BCUT2D eigenvalue weighted by Crippen LogP contribution is 2.62. The van der Waals surface area contributed by atoms with E-state index in [1.807, 2.05) is 0 Å². The number of methoxy groups -OCH3 is 1. The van der Waals surface area contributed by atoms with Gasteiger partial charge in [-0.1, -0.05) is 40.9 Å². The first-order valence-corrected chi connectivity index (χ1v) is 8.93. The molecule has 2 saturated carbocycles. The molecule has 0 heterocycles. The number of ether oxygens (including phenoxy) is 1. The molecule has 1 N–H and O–H groups in total. The van der Waals surface area contributed by atoms with Crippen molar-refractivity contribution in [2.75, 3.05) is 26.8 Å². The molecule has 0 aromatic heterocycles. The molecule has 0 amide bonds. The predicted molar refractivity (Wildman–Crippen MR) is 90.7 cm³/mol. The third-order valence-corrected chi connectivity index (χ3v) is 5.97. The van der Waals surface area contributed by atoms with Gasteiger partial charge in [-0.15, -0.1) is 0 Å². The van der Waals surface area contributed by atoms with Crippen LogP contribution in [-0.2, 0) is 10.2 Å². The van der Waals surface area contributed by atoms with Crippen molar-refractivity contribution in [2.24, 2.45) is 5.41 Å². The fourth-order valence-corrected chi connectivity index (χ4v) is 5.01. The highest BCUT2D eigenvalue weighted by Gasteiger charge is 2.55. The first kappa shape index (κ1) is 15.5. The Kier molecular flexibility index (Phi) is 4.72. The number of nitrogens with one attached hydrogen (secondary N) is 1. The van der Waals surface area contributed by atoms with Crippen molar-refractivity contribution < 1.29 is 4.74 Å². The highest BCUT2D eigenvalue weighted by molar-refractivity contribution is 9.10. The van der Waals surface area contributed by atoms with E-state index in [-0.39, 0.29) is 0 Å². The summed E-state index contributed by atoms with van der Waals surface area (Å²) in [6, 6.07) is 8.93. The van der Waals surface area contributed by atoms with Crippen LogP contribution in [-0.4, -0.2) is 26.8 Å². The Morgan fingerprint density at radius 2 is 2.00 bits per heavy atom. The Bertz CT molecular complexity index is 474. The summed E-state index contributed by atoms with van der Waals surface area (Å²) in [5.41, 5.74) is 2.49. The van der Waals surface area contributed by atoms with Gasteiger partial charge in [0.25, 0.3) is 0 Å².